The molecule has 2 heterocycles. The van der Waals surface area contributed by atoms with Crippen LogP contribution >= 0.6 is 11.6 Å². The van der Waals surface area contributed by atoms with E-state index in [0.29, 0.717) is 41.4 Å². The zero-order valence-electron chi connectivity index (χ0n) is 12.1. The highest BCUT2D eigenvalue weighted by molar-refractivity contribution is 6.31. The number of nitrogens with two attached hydrogens (primary N) is 1. The molecule has 22 heavy (non-hydrogen) atoms. The third kappa shape index (κ3) is 2.18. The monoisotopic (exact) mass is 318 g/mol. The average Bonchev–Trinajstić information content (AvgIpc) is 2.87. The molecule has 0 fully saturated rings. The molecule has 2 aliphatic rings. The Bertz CT molecular complexity index is 754. The third-order valence-corrected chi connectivity index (χ3v) is 4.24. The molecule has 0 spiro atoms. The van der Waals surface area contributed by atoms with Gasteiger partial charge in [0.15, 0.2) is 5.78 Å². The van der Waals surface area contributed by atoms with Crippen molar-refractivity contribution in [3.8, 4) is 6.07 Å². The predicted molar refractivity (Wildman–Crippen MR) is 79.4 cm³/mol. The first-order valence-corrected chi connectivity index (χ1v) is 7.51. The molecule has 2 N–H and O–H groups in total. The summed E-state index contributed by atoms with van der Waals surface area (Å²) in [4.78, 5) is 12.4. The molecular formula is C15H15ClN4O2. The summed E-state index contributed by atoms with van der Waals surface area (Å²) in [6, 6.07) is 2.05. The van der Waals surface area contributed by atoms with Crippen molar-refractivity contribution in [2.75, 3.05) is 0 Å². The number of aromatic nitrogens is 2. The molecule has 0 aromatic carbocycles. The van der Waals surface area contributed by atoms with Gasteiger partial charge in [-0.15, -0.1) is 0 Å². The normalized spacial score (nSPS) is 21.5. The van der Waals surface area contributed by atoms with Gasteiger partial charge in [0, 0.05) is 31.2 Å². The standard InChI is InChI=1S/C15H15ClN4O2/c1-2-20-7-9(16)14(19-20)12-8(6-17)15(18)22-11-5-3-4-10(21)13(11)12/h7,12H,2-5,18H2,1H3/t12-/m0/s1. The number of hydrogen-bond acceptors (Lipinski definition) is 5. The fourth-order valence-electron chi connectivity index (χ4n) is 2.90. The van der Waals surface area contributed by atoms with Crippen molar-refractivity contribution in [3.63, 3.8) is 0 Å². The van der Waals surface area contributed by atoms with Crippen LogP contribution in [0.3, 0.4) is 0 Å². The van der Waals surface area contributed by atoms with Gasteiger partial charge in [-0.1, -0.05) is 11.6 Å². The van der Waals surface area contributed by atoms with E-state index in [2.05, 4.69) is 5.10 Å². The number of carbonyl (C=O) groups is 1. The van der Waals surface area contributed by atoms with Gasteiger partial charge in [-0.05, 0) is 13.3 Å². The Morgan fingerprint density at radius 3 is 3.00 bits per heavy atom. The summed E-state index contributed by atoms with van der Waals surface area (Å²) in [5, 5.41) is 14.3. The highest BCUT2D eigenvalue weighted by atomic mass is 35.5. The van der Waals surface area contributed by atoms with Crippen LogP contribution in [-0.4, -0.2) is 15.6 Å². The molecule has 0 saturated carbocycles. The van der Waals surface area contributed by atoms with Crippen molar-refractivity contribution in [2.45, 2.75) is 38.6 Å². The average molecular weight is 319 g/mol. The Kier molecular flexibility index (Phi) is 3.67. The molecule has 6 nitrogen and oxygen atoms in total. The first-order chi connectivity index (χ1) is 10.6. The minimum atomic E-state index is -0.637. The molecule has 3 rings (SSSR count). The Balaban J connectivity index is 2.20. The number of halogens is 1. The number of ether oxygens (including phenoxy) is 1. The number of rotatable bonds is 2. The van der Waals surface area contributed by atoms with Crippen LogP contribution in [-0.2, 0) is 16.1 Å². The maximum atomic E-state index is 12.4. The molecule has 1 atom stereocenters. The molecule has 1 aliphatic heterocycles. The summed E-state index contributed by atoms with van der Waals surface area (Å²) < 4.78 is 7.18. The summed E-state index contributed by atoms with van der Waals surface area (Å²) in [5.41, 5.74) is 7.02. The van der Waals surface area contributed by atoms with Gasteiger partial charge >= 0.3 is 0 Å². The van der Waals surface area contributed by atoms with Gasteiger partial charge in [-0.2, -0.15) is 10.4 Å². The quantitative estimate of drug-likeness (QED) is 0.903. The van der Waals surface area contributed by atoms with E-state index in [9.17, 15) is 10.1 Å². The highest BCUT2D eigenvalue weighted by Crippen LogP contribution is 2.44. The predicted octanol–water partition coefficient (Wildman–Crippen LogP) is 2.37. The molecule has 7 heteroatoms. The molecule has 0 bridgehead atoms. The van der Waals surface area contributed by atoms with E-state index in [1.165, 1.54) is 0 Å². The highest BCUT2D eigenvalue weighted by Gasteiger charge is 2.40. The van der Waals surface area contributed by atoms with Crippen molar-refractivity contribution in [3.05, 3.63) is 39.7 Å². The molecule has 0 radical (unpaired) electrons. The largest absolute Gasteiger partial charge is 0.444 e. The van der Waals surface area contributed by atoms with Crippen molar-refractivity contribution < 1.29 is 9.53 Å². The Hall–Kier alpha value is -2.26. The van der Waals surface area contributed by atoms with E-state index in [1.54, 1.807) is 10.9 Å². The number of Topliss-reactive ketones (excluding diaryl/α,β-unsaturated/α-hetero) is 1. The first kappa shape index (κ1) is 14.7. The molecule has 1 aromatic heterocycles. The zero-order valence-corrected chi connectivity index (χ0v) is 12.9. The minimum absolute atomic E-state index is 0.0306. The number of nitrogens with zero attached hydrogens (tertiary/aromatic N) is 3. The number of carbonyl (C=O) groups excluding carboxylic acids is 1. The molecule has 1 aromatic rings. The lowest BCUT2D eigenvalue weighted by molar-refractivity contribution is -0.116. The third-order valence-electron chi connectivity index (χ3n) is 3.95. The molecule has 0 amide bonds. The van der Waals surface area contributed by atoms with E-state index < -0.39 is 5.92 Å². The Morgan fingerprint density at radius 1 is 1.59 bits per heavy atom. The number of aryl methyl sites for hydroxylation is 1. The molecule has 114 valence electrons. The molecular weight excluding hydrogens is 304 g/mol. The van der Waals surface area contributed by atoms with E-state index in [0.717, 1.165) is 6.42 Å². The number of nitriles is 1. The fourth-order valence-corrected chi connectivity index (χ4v) is 3.16. The van der Waals surface area contributed by atoms with Crippen molar-refractivity contribution in [1.29, 1.82) is 5.26 Å². The lowest BCUT2D eigenvalue weighted by Gasteiger charge is -2.29. The van der Waals surface area contributed by atoms with E-state index in [1.807, 2.05) is 13.0 Å². The van der Waals surface area contributed by atoms with Crippen molar-refractivity contribution >= 4 is 17.4 Å². The maximum Gasteiger partial charge on any atom is 0.205 e. The topological polar surface area (TPSA) is 93.9 Å². The van der Waals surface area contributed by atoms with Gasteiger partial charge < -0.3 is 10.5 Å². The van der Waals surface area contributed by atoms with E-state index >= 15 is 0 Å². The SMILES string of the molecule is CCn1cc(Cl)c([C@H]2C(C#N)=C(N)OC3=C2C(=O)CCC3)n1. The fraction of sp³-hybridized carbons (Fsp3) is 0.400. The number of ketones is 1. The van der Waals surface area contributed by atoms with Gasteiger partial charge in [0.1, 0.15) is 17.4 Å². The van der Waals surface area contributed by atoms with Crippen LogP contribution in [0.15, 0.2) is 29.0 Å². The van der Waals surface area contributed by atoms with Crippen LogP contribution in [0, 0.1) is 11.3 Å². The maximum absolute atomic E-state index is 12.4. The minimum Gasteiger partial charge on any atom is -0.444 e. The van der Waals surface area contributed by atoms with E-state index in [-0.39, 0.29) is 17.2 Å². The van der Waals surface area contributed by atoms with Gasteiger partial charge in [0.2, 0.25) is 5.88 Å². The van der Waals surface area contributed by atoms with Gasteiger partial charge in [0.05, 0.1) is 16.6 Å². The summed E-state index contributed by atoms with van der Waals surface area (Å²) >= 11 is 6.28. The van der Waals surface area contributed by atoms with Crippen molar-refractivity contribution in [2.24, 2.45) is 5.73 Å². The van der Waals surface area contributed by atoms with Gasteiger partial charge in [0.25, 0.3) is 0 Å². The van der Waals surface area contributed by atoms with Crippen LogP contribution in [0.25, 0.3) is 0 Å². The Morgan fingerprint density at radius 2 is 2.36 bits per heavy atom. The van der Waals surface area contributed by atoms with Crippen LogP contribution in [0.2, 0.25) is 5.02 Å². The molecule has 0 saturated heterocycles. The van der Waals surface area contributed by atoms with Gasteiger partial charge in [-0.25, -0.2) is 0 Å². The van der Waals surface area contributed by atoms with E-state index in [4.69, 9.17) is 22.1 Å². The summed E-state index contributed by atoms with van der Waals surface area (Å²) in [6.45, 7) is 2.58. The second-order valence-electron chi connectivity index (χ2n) is 5.26. The number of hydrogen-bond donors (Lipinski definition) is 1. The first-order valence-electron chi connectivity index (χ1n) is 7.13. The lowest BCUT2D eigenvalue weighted by atomic mass is 9.80. The molecule has 1 aliphatic carbocycles. The Labute approximate surface area is 132 Å². The summed E-state index contributed by atoms with van der Waals surface area (Å²) in [7, 11) is 0. The summed E-state index contributed by atoms with van der Waals surface area (Å²) in [6.07, 6.45) is 3.47. The smallest absolute Gasteiger partial charge is 0.205 e. The second kappa shape index (κ2) is 5.50. The lowest BCUT2D eigenvalue weighted by Crippen LogP contribution is -2.27. The van der Waals surface area contributed by atoms with Crippen LogP contribution in [0.5, 0.6) is 0 Å². The summed E-state index contributed by atoms with van der Waals surface area (Å²) in [5.74, 6) is -0.0987. The van der Waals surface area contributed by atoms with Crippen LogP contribution < -0.4 is 5.73 Å². The van der Waals surface area contributed by atoms with Gasteiger partial charge in [-0.3, -0.25) is 9.48 Å². The van der Waals surface area contributed by atoms with Crippen molar-refractivity contribution in [1.82, 2.24) is 9.78 Å². The zero-order chi connectivity index (χ0) is 15.9. The molecule has 0 unspecified atom stereocenters. The van der Waals surface area contributed by atoms with Crippen LogP contribution in [0.1, 0.15) is 37.8 Å². The number of allylic oxidation sites excluding steroid dienone is 3. The van der Waals surface area contributed by atoms with Crippen LogP contribution in [0.4, 0.5) is 0 Å². The second-order valence-corrected chi connectivity index (χ2v) is 5.66.